The lowest BCUT2D eigenvalue weighted by atomic mass is 10.0. The van der Waals surface area contributed by atoms with Gasteiger partial charge in [-0.15, -0.1) is 0 Å². The van der Waals surface area contributed by atoms with E-state index >= 15 is 0 Å². The zero-order valence-electron chi connectivity index (χ0n) is 11.1. The molecule has 2 nitrogen and oxygen atoms in total. The number of thiazole rings is 1. The molecule has 2 N–H and O–H groups in total. The van der Waals surface area contributed by atoms with E-state index in [4.69, 9.17) is 5.73 Å². The fourth-order valence-electron chi connectivity index (χ4n) is 2.25. The lowest BCUT2D eigenvalue weighted by Crippen LogP contribution is -1.86. The van der Waals surface area contributed by atoms with Crippen LogP contribution in [0.15, 0.2) is 18.2 Å². The Kier molecular flexibility index (Phi) is 5.00. The number of unbranched alkanes of at least 4 members (excludes halogenated alkanes) is 5. The third-order valence-electron chi connectivity index (χ3n) is 3.29. The molecule has 0 saturated carbocycles. The summed E-state index contributed by atoms with van der Waals surface area (Å²) in [7, 11) is 0. The molecule has 0 amide bonds. The van der Waals surface area contributed by atoms with Gasteiger partial charge in [0.05, 0.1) is 10.2 Å². The fraction of sp³-hybridized carbons (Fsp3) is 0.533. The van der Waals surface area contributed by atoms with Crippen molar-refractivity contribution in [2.75, 3.05) is 5.73 Å². The van der Waals surface area contributed by atoms with E-state index in [0.29, 0.717) is 5.13 Å². The quantitative estimate of drug-likeness (QED) is 0.729. The van der Waals surface area contributed by atoms with E-state index in [1.165, 1.54) is 55.2 Å². The molecule has 0 aliphatic rings. The number of hydrogen-bond acceptors (Lipinski definition) is 3. The molecule has 0 bridgehead atoms. The Balaban J connectivity index is 1.80. The second-order valence-electron chi connectivity index (χ2n) is 4.87. The predicted molar refractivity (Wildman–Crippen MR) is 81.1 cm³/mol. The molecule has 0 unspecified atom stereocenters. The van der Waals surface area contributed by atoms with E-state index in [0.717, 1.165) is 5.52 Å². The average molecular weight is 262 g/mol. The number of nitrogens with two attached hydrogens (primary N) is 1. The van der Waals surface area contributed by atoms with Crippen LogP contribution < -0.4 is 5.73 Å². The number of aryl methyl sites for hydroxylation is 1. The Morgan fingerprint density at radius 2 is 1.89 bits per heavy atom. The molecule has 2 aromatic rings. The maximum atomic E-state index is 5.72. The second-order valence-corrected chi connectivity index (χ2v) is 5.93. The number of nitrogens with zero attached hydrogens (tertiary/aromatic N) is 1. The molecule has 0 atom stereocenters. The number of anilines is 1. The van der Waals surface area contributed by atoms with E-state index in [-0.39, 0.29) is 0 Å². The number of aromatic nitrogens is 1. The number of hydrogen-bond donors (Lipinski definition) is 1. The van der Waals surface area contributed by atoms with Crippen LogP contribution in [-0.2, 0) is 6.42 Å². The Morgan fingerprint density at radius 1 is 1.11 bits per heavy atom. The highest BCUT2D eigenvalue weighted by Gasteiger charge is 2.02. The molecule has 0 fully saturated rings. The lowest BCUT2D eigenvalue weighted by molar-refractivity contribution is 0.607. The second kappa shape index (κ2) is 6.74. The monoisotopic (exact) mass is 262 g/mol. The van der Waals surface area contributed by atoms with Gasteiger partial charge >= 0.3 is 0 Å². The Hall–Kier alpha value is -1.09. The first kappa shape index (κ1) is 13.3. The van der Waals surface area contributed by atoms with Crippen molar-refractivity contribution in [3.05, 3.63) is 23.8 Å². The van der Waals surface area contributed by atoms with Crippen molar-refractivity contribution in [1.82, 2.24) is 4.98 Å². The molecule has 1 aromatic heterocycles. The summed E-state index contributed by atoms with van der Waals surface area (Å²) < 4.78 is 1.22. The summed E-state index contributed by atoms with van der Waals surface area (Å²) in [6.07, 6.45) is 9.30. The third-order valence-corrected chi connectivity index (χ3v) is 4.14. The SMILES string of the molecule is CCCCCCCCc1ccc2nc(N)sc2c1. The number of fused-ring (bicyclic) bond motifs is 1. The van der Waals surface area contributed by atoms with Gasteiger partial charge in [-0.3, -0.25) is 0 Å². The van der Waals surface area contributed by atoms with Crippen molar-refractivity contribution in [2.45, 2.75) is 51.9 Å². The van der Waals surface area contributed by atoms with E-state index in [1.807, 2.05) is 0 Å². The summed E-state index contributed by atoms with van der Waals surface area (Å²) in [5, 5.41) is 0.668. The smallest absolute Gasteiger partial charge is 0.181 e. The Morgan fingerprint density at radius 3 is 2.72 bits per heavy atom. The molecule has 3 heteroatoms. The van der Waals surface area contributed by atoms with Crippen LogP contribution >= 0.6 is 11.3 Å². The summed E-state index contributed by atoms with van der Waals surface area (Å²) in [6.45, 7) is 2.26. The van der Waals surface area contributed by atoms with Crippen molar-refractivity contribution in [3.63, 3.8) is 0 Å². The minimum absolute atomic E-state index is 0.668. The van der Waals surface area contributed by atoms with Gasteiger partial charge in [-0.1, -0.05) is 56.4 Å². The van der Waals surface area contributed by atoms with Gasteiger partial charge in [-0.25, -0.2) is 4.98 Å². The van der Waals surface area contributed by atoms with Crippen LogP contribution in [0.3, 0.4) is 0 Å². The molecule has 98 valence electrons. The van der Waals surface area contributed by atoms with E-state index in [2.05, 4.69) is 30.1 Å². The standard InChI is InChI=1S/C15H22N2S/c1-2-3-4-5-6-7-8-12-9-10-13-14(11-12)18-15(16)17-13/h9-11H,2-8H2,1H3,(H2,16,17). The Bertz CT molecular complexity index is 490. The highest BCUT2D eigenvalue weighted by Crippen LogP contribution is 2.25. The van der Waals surface area contributed by atoms with Crippen molar-refractivity contribution in [3.8, 4) is 0 Å². The van der Waals surface area contributed by atoms with Gasteiger partial charge in [-0.05, 0) is 30.5 Å². The van der Waals surface area contributed by atoms with E-state index in [9.17, 15) is 0 Å². The first-order valence-corrected chi connectivity index (χ1v) is 7.76. The fourth-order valence-corrected chi connectivity index (χ4v) is 3.05. The lowest BCUT2D eigenvalue weighted by Gasteiger charge is -2.02. The number of rotatable bonds is 7. The Labute approximate surface area is 113 Å². The van der Waals surface area contributed by atoms with Crippen LogP contribution in [0.25, 0.3) is 10.2 Å². The first-order chi connectivity index (χ1) is 8.79. The molecule has 0 saturated heterocycles. The van der Waals surface area contributed by atoms with Gasteiger partial charge < -0.3 is 5.73 Å². The molecule has 1 heterocycles. The van der Waals surface area contributed by atoms with E-state index in [1.54, 1.807) is 11.3 Å². The topological polar surface area (TPSA) is 38.9 Å². The minimum Gasteiger partial charge on any atom is -0.375 e. The molecule has 2 rings (SSSR count). The van der Waals surface area contributed by atoms with Crippen molar-refractivity contribution >= 4 is 26.7 Å². The van der Waals surface area contributed by atoms with Crippen molar-refractivity contribution in [2.24, 2.45) is 0 Å². The zero-order valence-corrected chi connectivity index (χ0v) is 11.9. The largest absolute Gasteiger partial charge is 0.375 e. The van der Waals surface area contributed by atoms with Crippen LogP contribution in [0.5, 0.6) is 0 Å². The molecule has 0 spiro atoms. The van der Waals surface area contributed by atoms with Gasteiger partial charge in [-0.2, -0.15) is 0 Å². The van der Waals surface area contributed by atoms with E-state index < -0.39 is 0 Å². The summed E-state index contributed by atoms with van der Waals surface area (Å²) in [4.78, 5) is 4.28. The first-order valence-electron chi connectivity index (χ1n) is 6.94. The van der Waals surface area contributed by atoms with Gasteiger partial charge in [0.15, 0.2) is 5.13 Å². The summed E-state index contributed by atoms with van der Waals surface area (Å²) in [5.41, 5.74) is 8.17. The van der Waals surface area contributed by atoms with Gasteiger partial charge in [0.2, 0.25) is 0 Å². The molecule has 1 aromatic carbocycles. The maximum absolute atomic E-state index is 5.72. The molecular formula is C15H22N2S. The highest BCUT2D eigenvalue weighted by molar-refractivity contribution is 7.22. The normalized spacial score (nSPS) is 11.2. The van der Waals surface area contributed by atoms with Gasteiger partial charge in [0.25, 0.3) is 0 Å². The average Bonchev–Trinajstić information content (AvgIpc) is 2.73. The van der Waals surface area contributed by atoms with Crippen LogP contribution in [0, 0.1) is 0 Å². The summed E-state index contributed by atoms with van der Waals surface area (Å²) in [6, 6.07) is 6.53. The molecule has 0 radical (unpaired) electrons. The molecule has 0 aliphatic carbocycles. The maximum Gasteiger partial charge on any atom is 0.181 e. The molecule has 18 heavy (non-hydrogen) atoms. The van der Waals surface area contributed by atoms with Crippen LogP contribution in [0.2, 0.25) is 0 Å². The number of benzene rings is 1. The predicted octanol–water partition coefficient (Wildman–Crippen LogP) is 4.78. The third kappa shape index (κ3) is 3.70. The van der Waals surface area contributed by atoms with Crippen LogP contribution in [0.4, 0.5) is 5.13 Å². The minimum atomic E-state index is 0.668. The van der Waals surface area contributed by atoms with Gasteiger partial charge in [0.1, 0.15) is 0 Å². The molecular weight excluding hydrogens is 240 g/mol. The summed E-state index contributed by atoms with van der Waals surface area (Å²) in [5.74, 6) is 0. The molecule has 0 aliphatic heterocycles. The zero-order chi connectivity index (χ0) is 12.8. The van der Waals surface area contributed by atoms with Crippen molar-refractivity contribution < 1.29 is 0 Å². The number of nitrogen functional groups attached to an aromatic ring is 1. The summed E-state index contributed by atoms with van der Waals surface area (Å²) >= 11 is 1.58. The van der Waals surface area contributed by atoms with Crippen LogP contribution in [0.1, 0.15) is 51.0 Å². The van der Waals surface area contributed by atoms with Gasteiger partial charge in [0, 0.05) is 0 Å². The van der Waals surface area contributed by atoms with Crippen LogP contribution in [-0.4, -0.2) is 4.98 Å². The van der Waals surface area contributed by atoms with Crippen molar-refractivity contribution in [1.29, 1.82) is 0 Å². The highest BCUT2D eigenvalue weighted by atomic mass is 32.1.